The first-order chi connectivity index (χ1) is 24.7. The number of amides is 2. The van der Waals surface area contributed by atoms with Crippen LogP contribution in [-0.4, -0.2) is 52.9 Å². The van der Waals surface area contributed by atoms with Crippen molar-refractivity contribution in [1.29, 1.82) is 0 Å². The molecule has 10 nitrogen and oxygen atoms in total. The quantitative estimate of drug-likeness (QED) is 0.136. The Kier molecular flexibility index (Phi) is 11.7. The van der Waals surface area contributed by atoms with Crippen LogP contribution in [0, 0.1) is 32.6 Å². The van der Waals surface area contributed by atoms with Crippen LogP contribution in [0.25, 0.3) is 5.00 Å². The lowest BCUT2D eigenvalue weighted by molar-refractivity contribution is -0.116. The third-order valence-corrected chi connectivity index (χ3v) is 15.4. The number of anilines is 1. The third-order valence-electron chi connectivity index (χ3n) is 9.47. The third kappa shape index (κ3) is 9.45. The Bertz CT molecular complexity index is 2110. The van der Waals surface area contributed by atoms with E-state index in [0.29, 0.717) is 28.7 Å². The number of aryl methyl sites for hydroxylation is 2. The van der Waals surface area contributed by atoms with Crippen molar-refractivity contribution in [3.63, 3.8) is 0 Å². The van der Waals surface area contributed by atoms with Gasteiger partial charge in [-0.05, 0) is 95.1 Å². The summed E-state index contributed by atoms with van der Waals surface area (Å²) in [6.45, 7) is 23.0. The van der Waals surface area contributed by atoms with E-state index >= 15 is 0 Å². The molecule has 0 bridgehead atoms. The van der Waals surface area contributed by atoms with Crippen molar-refractivity contribution >= 4 is 54.7 Å². The van der Waals surface area contributed by atoms with Gasteiger partial charge in [-0.3, -0.25) is 14.4 Å². The number of ether oxygens (including phenoxy) is 1. The highest BCUT2D eigenvalue weighted by Crippen LogP contribution is 2.40. The Morgan fingerprint density at radius 2 is 1.72 bits per heavy atom. The monoisotopic (exact) mass is 772 g/mol. The lowest BCUT2D eigenvalue weighted by atomic mass is 9.99. The van der Waals surface area contributed by atoms with E-state index in [1.807, 2.05) is 54.0 Å². The summed E-state index contributed by atoms with van der Waals surface area (Å²) in [5, 5.41) is 16.3. The number of carbonyl (C=O) groups excluding carboxylic acids is 2. The molecule has 0 saturated heterocycles. The number of fused-ring (bicyclic) bond motifs is 3. The van der Waals surface area contributed by atoms with Crippen molar-refractivity contribution in [3.8, 4) is 16.8 Å². The number of benzene rings is 2. The summed E-state index contributed by atoms with van der Waals surface area (Å²) in [6.07, 6.45) is -0.514. The van der Waals surface area contributed by atoms with Crippen molar-refractivity contribution in [2.75, 3.05) is 11.9 Å². The minimum absolute atomic E-state index is 0.0270. The molecule has 0 aliphatic carbocycles. The highest BCUT2D eigenvalue weighted by Gasteiger charge is 2.37. The molecule has 2 N–H and O–H groups in total. The van der Waals surface area contributed by atoms with Crippen molar-refractivity contribution in [1.82, 2.24) is 20.1 Å². The summed E-state index contributed by atoms with van der Waals surface area (Å²) in [7, 11) is -2.06. The number of aromatic nitrogens is 3. The van der Waals surface area contributed by atoms with Gasteiger partial charge in [0.05, 0.1) is 25.3 Å². The van der Waals surface area contributed by atoms with Crippen LogP contribution >= 0.6 is 22.9 Å². The molecule has 1 atom stereocenters. The Balaban J connectivity index is 1.44. The predicted octanol–water partition coefficient (Wildman–Crippen LogP) is 9.23. The number of alkyl carbamates (subject to hydrolysis) is 1. The van der Waals surface area contributed by atoms with E-state index in [2.05, 4.69) is 80.4 Å². The highest BCUT2D eigenvalue weighted by atomic mass is 35.5. The van der Waals surface area contributed by atoms with E-state index in [1.54, 1.807) is 32.1 Å². The molecule has 0 saturated carbocycles. The fourth-order valence-electron chi connectivity index (χ4n) is 5.46. The van der Waals surface area contributed by atoms with E-state index in [1.165, 1.54) is 4.88 Å². The second kappa shape index (κ2) is 15.6. The molecule has 3 heterocycles. The number of thiophene rings is 1. The summed E-state index contributed by atoms with van der Waals surface area (Å²) in [5.74, 6) is 7.30. The maximum atomic E-state index is 13.9. The Morgan fingerprint density at radius 3 is 2.38 bits per heavy atom. The van der Waals surface area contributed by atoms with Crippen molar-refractivity contribution in [2.45, 2.75) is 105 Å². The van der Waals surface area contributed by atoms with Crippen LogP contribution in [0.2, 0.25) is 23.2 Å². The average Bonchev–Trinajstić information content (AvgIpc) is 3.53. The normalized spacial score (nSPS) is 14.3. The number of aliphatic imine (C=N–C) groups is 1. The molecule has 0 radical (unpaired) electrons. The van der Waals surface area contributed by atoms with Crippen LogP contribution in [0.5, 0.6) is 0 Å². The lowest BCUT2D eigenvalue weighted by Gasteiger charge is -2.36. The summed E-state index contributed by atoms with van der Waals surface area (Å²) in [5.41, 5.74) is 5.35. The van der Waals surface area contributed by atoms with Gasteiger partial charge in [-0.15, -0.1) is 21.5 Å². The molecule has 2 amide bonds. The van der Waals surface area contributed by atoms with Gasteiger partial charge < -0.3 is 19.8 Å². The Hall–Kier alpha value is -4.28. The predicted molar refractivity (Wildman–Crippen MR) is 216 cm³/mol. The standard InChI is InChI=1S/C40H49ClN6O4SSi/c1-24-25(2)52-37-34(24)35(27-14-17-30(41)18-15-27)44-32(36-46-45-26(3)47(36)37)22-33(48)43-31-19-16-29(23-50-53(10,11)40(7,8)9)28(21-31)13-12-20-42-38(49)51-39(4,5)6/h14-19,21,32H,20,22-23H2,1-11H3,(H,42,49)(H,43,48)/t32-/m0/s1. The van der Waals surface area contributed by atoms with Gasteiger partial charge in [0.25, 0.3) is 0 Å². The Morgan fingerprint density at radius 1 is 1.02 bits per heavy atom. The molecule has 2 aromatic carbocycles. The van der Waals surface area contributed by atoms with Gasteiger partial charge in [-0.25, -0.2) is 4.79 Å². The number of nitrogens with one attached hydrogen (secondary N) is 2. The summed E-state index contributed by atoms with van der Waals surface area (Å²) in [4.78, 5) is 32.5. The van der Waals surface area contributed by atoms with E-state index in [9.17, 15) is 9.59 Å². The maximum Gasteiger partial charge on any atom is 0.408 e. The molecule has 1 aliphatic heterocycles. The molecule has 0 spiro atoms. The van der Waals surface area contributed by atoms with Crippen molar-refractivity contribution < 1.29 is 18.8 Å². The van der Waals surface area contributed by atoms with Gasteiger partial charge >= 0.3 is 6.09 Å². The van der Waals surface area contributed by atoms with E-state index in [4.69, 9.17) is 25.8 Å². The number of carbonyl (C=O) groups is 2. The topological polar surface area (TPSA) is 120 Å². The first kappa shape index (κ1) is 39.9. The van der Waals surface area contributed by atoms with Crippen LogP contribution in [0.4, 0.5) is 10.5 Å². The number of hydrogen-bond acceptors (Lipinski definition) is 8. The number of nitrogens with zero attached hydrogens (tertiary/aromatic N) is 4. The molecule has 1 aliphatic rings. The van der Waals surface area contributed by atoms with E-state index in [-0.39, 0.29) is 23.9 Å². The van der Waals surface area contributed by atoms with Crippen LogP contribution in [-0.2, 0) is 20.6 Å². The van der Waals surface area contributed by atoms with Gasteiger partial charge in [0, 0.05) is 32.3 Å². The largest absolute Gasteiger partial charge is 0.444 e. The minimum atomic E-state index is -2.06. The molecule has 0 fully saturated rings. The second-order valence-corrected chi connectivity index (χ2v) is 22.2. The Labute approximate surface area is 322 Å². The summed E-state index contributed by atoms with van der Waals surface area (Å²) < 4.78 is 13.9. The molecule has 13 heteroatoms. The molecule has 4 aromatic rings. The fraction of sp³-hybridized carbons (Fsp3) is 0.425. The summed E-state index contributed by atoms with van der Waals surface area (Å²) in [6, 6.07) is 12.6. The lowest BCUT2D eigenvalue weighted by Crippen LogP contribution is -2.40. The zero-order chi connectivity index (χ0) is 38.9. The number of halogens is 1. The van der Waals surface area contributed by atoms with Crippen LogP contribution < -0.4 is 10.6 Å². The van der Waals surface area contributed by atoms with Crippen LogP contribution in [0.3, 0.4) is 0 Å². The van der Waals surface area contributed by atoms with Crippen LogP contribution in [0.1, 0.15) is 98.3 Å². The first-order valence-corrected chi connectivity index (χ1v) is 21.7. The molecule has 2 aromatic heterocycles. The summed E-state index contributed by atoms with van der Waals surface area (Å²) >= 11 is 7.93. The zero-order valence-electron chi connectivity index (χ0n) is 32.4. The van der Waals surface area contributed by atoms with Gasteiger partial charge in [-0.2, -0.15) is 0 Å². The smallest absolute Gasteiger partial charge is 0.408 e. The average molecular weight is 773 g/mol. The maximum absolute atomic E-state index is 13.9. The zero-order valence-corrected chi connectivity index (χ0v) is 35.0. The molecular weight excluding hydrogens is 724 g/mol. The van der Waals surface area contributed by atoms with Crippen LogP contribution in [0.15, 0.2) is 47.5 Å². The van der Waals surface area contributed by atoms with E-state index < -0.39 is 26.1 Å². The van der Waals surface area contributed by atoms with E-state index in [0.717, 1.165) is 38.8 Å². The number of rotatable bonds is 8. The molecular formula is C40H49ClN6O4SSi. The first-order valence-electron chi connectivity index (χ1n) is 17.6. The molecule has 280 valence electrons. The highest BCUT2D eigenvalue weighted by molar-refractivity contribution is 7.15. The van der Waals surface area contributed by atoms with Gasteiger partial charge in [0.2, 0.25) is 5.91 Å². The second-order valence-electron chi connectivity index (χ2n) is 15.7. The molecule has 0 unspecified atom stereocenters. The van der Waals surface area contributed by atoms with Gasteiger partial charge in [0.1, 0.15) is 22.5 Å². The number of hydrogen-bond donors (Lipinski definition) is 2. The fourth-order valence-corrected chi connectivity index (χ4v) is 7.75. The SMILES string of the molecule is Cc1sc2c(c1C)C(c1ccc(Cl)cc1)=N[C@@H](CC(=O)Nc1ccc(CO[Si](C)(C)C(C)(C)C)c(C#CCNC(=O)OC(C)(C)C)c1)c1nnc(C)n1-2. The molecule has 53 heavy (non-hydrogen) atoms. The van der Waals surface area contributed by atoms with Crippen molar-refractivity contribution in [3.05, 3.63) is 91.8 Å². The van der Waals surface area contributed by atoms with Gasteiger partial charge in [0.15, 0.2) is 14.1 Å². The van der Waals surface area contributed by atoms with Crippen molar-refractivity contribution in [2.24, 2.45) is 4.99 Å². The van der Waals surface area contributed by atoms with Gasteiger partial charge in [-0.1, -0.05) is 62.4 Å². The molecule has 5 rings (SSSR count). The minimum Gasteiger partial charge on any atom is -0.444 e.